The first-order valence-electron chi connectivity index (χ1n) is 14.2. The average Bonchev–Trinajstić information content (AvgIpc) is 3.18. The predicted molar refractivity (Wildman–Crippen MR) is 155 cm³/mol. The Bertz CT molecular complexity index is 1600. The third kappa shape index (κ3) is 5.14. The summed E-state index contributed by atoms with van der Waals surface area (Å²) in [4.78, 5) is 15.1. The third-order valence-corrected chi connectivity index (χ3v) is 10.6. The average molecular weight is 580 g/mol. The highest BCUT2D eigenvalue weighted by molar-refractivity contribution is 7.92. The standard InChI is InChI=1S/C32H35F2N3O3S/c1-31(2)20-37(19-21-7-4-3-5-8-21)14-11-29(31)35-27-17-23(16-25-24(27)18-30(38)32(25)12-6-13-32)36-41(39,40)28-10-9-22(33)15-26(28)34/h3-5,7-10,15-17,29,35-36H,6,11-14,18-20H2,1-2H3. The summed E-state index contributed by atoms with van der Waals surface area (Å²) in [6.45, 7) is 7.10. The van der Waals surface area contributed by atoms with Gasteiger partial charge in [0.25, 0.3) is 10.0 Å². The fourth-order valence-corrected chi connectivity index (χ4v) is 7.94. The monoisotopic (exact) mass is 579 g/mol. The number of benzene rings is 3. The fraction of sp³-hybridized carbons (Fsp3) is 0.406. The molecule has 1 atom stereocenters. The van der Waals surface area contributed by atoms with Gasteiger partial charge < -0.3 is 5.32 Å². The van der Waals surface area contributed by atoms with Crippen LogP contribution >= 0.6 is 0 Å². The molecule has 1 saturated heterocycles. The SMILES string of the molecule is CC1(C)CN(Cc2ccccc2)CCC1Nc1cc(NS(=O)(=O)c2ccc(F)cc2F)cc2c1CC(=O)C21CCC1. The zero-order chi connectivity index (χ0) is 29.0. The number of carbonyl (C=O) groups excluding carboxylic acids is 1. The first kappa shape index (κ1) is 27.8. The lowest BCUT2D eigenvalue weighted by atomic mass is 9.64. The van der Waals surface area contributed by atoms with E-state index >= 15 is 0 Å². The van der Waals surface area contributed by atoms with Gasteiger partial charge in [0.15, 0.2) is 0 Å². The molecular formula is C32H35F2N3O3S. The quantitative estimate of drug-likeness (QED) is 0.358. The molecule has 1 unspecified atom stereocenters. The Morgan fingerprint density at radius 1 is 1.02 bits per heavy atom. The number of nitrogens with zero attached hydrogens (tertiary/aromatic N) is 1. The number of rotatable bonds is 7. The Kier molecular flexibility index (Phi) is 6.93. The first-order valence-corrected chi connectivity index (χ1v) is 15.7. The van der Waals surface area contributed by atoms with E-state index in [0.717, 1.165) is 74.3 Å². The van der Waals surface area contributed by atoms with Gasteiger partial charge in [-0.25, -0.2) is 17.2 Å². The third-order valence-electron chi connectivity index (χ3n) is 9.17. The Hall–Kier alpha value is -3.30. The molecule has 1 heterocycles. The normalized spacial score (nSPS) is 21.4. The molecule has 1 spiro atoms. The second-order valence-electron chi connectivity index (χ2n) is 12.4. The molecule has 6 nitrogen and oxygen atoms in total. The van der Waals surface area contributed by atoms with Crippen molar-refractivity contribution in [1.82, 2.24) is 4.90 Å². The van der Waals surface area contributed by atoms with Crippen molar-refractivity contribution in [2.75, 3.05) is 23.1 Å². The van der Waals surface area contributed by atoms with Gasteiger partial charge in [0, 0.05) is 43.9 Å². The minimum atomic E-state index is -4.34. The highest BCUT2D eigenvalue weighted by Gasteiger charge is 2.51. The summed E-state index contributed by atoms with van der Waals surface area (Å²) in [7, 11) is -4.34. The molecule has 0 bridgehead atoms. The van der Waals surface area contributed by atoms with Gasteiger partial charge in [0.05, 0.1) is 11.1 Å². The largest absolute Gasteiger partial charge is 0.381 e. The van der Waals surface area contributed by atoms with Gasteiger partial charge >= 0.3 is 0 Å². The van der Waals surface area contributed by atoms with Crippen LogP contribution in [-0.2, 0) is 33.2 Å². The number of hydrogen-bond acceptors (Lipinski definition) is 5. The van der Waals surface area contributed by atoms with Gasteiger partial charge in [-0.05, 0) is 65.6 Å². The fourth-order valence-electron chi connectivity index (χ4n) is 6.84. The van der Waals surface area contributed by atoms with Crippen LogP contribution in [0.1, 0.15) is 56.2 Å². The molecule has 0 radical (unpaired) electrons. The maximum absolute atomic E-state index is 14.4. The summed E-state index contributed by atoms with van der Waals surface area (Å²) in [6.07, 6.45) is 3.61. The maximum Gasteiger partial charge on any atom is 0.264 e. The molecule has 41 heavy (non-hydrogen) atoms. The highest BCUT2D eigenvalue weighted by Crippen LogP contribution is 2.53. The Balaban J connectivity index is 1.30. The van der Waals surface area contributed by atoms with Gasteiger partial charge in [-0.15, -0.1) is 0 Å². The number of anilines is 2. The molecule has 0 amide bonds. The summed E-state index contributed by atoms with van der Waals surface area (Å²) in [5.41, 5.74) is 3.37. The van der Waals surface area contributed by atoms with E-state index < -0.39 is 32.0 Å². The van der Waals surface area contributed by atoms with Gasteiger partial charge in [0.1, 0.15) is 22.3 Å². The molecule has 3 aromatic rings. The molecule has 3 aromatic carbocycles. The van der Waals surface area contributed by atoms with E-state index in [-0.39, 0.29) is 22.9 Å². The van der Waals surface area contributed by atoms with Crippen molar-refractivity contribution in [3.8, 4) is 0 Å². The van der Waals surface area contributed by atoms with Crippen molar-refractivity contribution >= 4 is 27.2 Å². The number of halogens is 2. The van der Waals surface area contributed by atoms with E-state index in [1.54, 1.807) is 12.1 Å². The molecule has 6 rings (SSSR count). The van der Waals surface area contributed by atoms with E-state index in [1.807, 2.05) is 6.07 Å². The van der Waals surface area contributed by atoms with Gasteiger partial charge in [-0.3, -0.25) is 14.4 Å². The molecule has 0 aromatic heterocycles. The molecule has 9 heteroatoms. The minimum absolute atomic E-state index is 0.0908. The lowest BCUT2D eigenvalue weighted by Gasteiger charge is -2.45. The van der Waals surface area contributed by atoms with Gasteiger partial charge in [0.2, 0.25) is 0 Å². The zero-order valence-electron chi connectivity index (χ0n) is 23.3. The molecule has 216 valence electrons. The van der Waals surface area contributed by atoms with E-state index in [9.17, 15) is 22.0 Å². The topological polar surface area (TPSA) is 78.5 Å². The first-order chi connectivity index (χ1) is 19.5. The van der Waals surface area contributed by atoms with Crippen molar-refractivity contribution < 1.29 is 22.0 Å². The summed E-state index contributed by atoms with van der Waals surface area (Å²) in [5.74, 6) is -1.84. The Labute approximate surface area is 240 Å². The van der Waals surface area contributed by atoms with Crippen molar-refractivity contribution in [2.45, 2.75) is 68.8 Å². The van der Waals surface area contributed by atoms with Crippen molar-refractivity contribution in [3.05, 3.63) is 89.0 Å². The van der Waals surface area contributed by atoms with Gasteiger partial charge in [-0.2, -0.15) is 0 Å². The minimum Gasteiger partial charge on any atom is -0.381 e. The maximum atomic E-state index is 14.4. The molecular weight excluding hydrogens is 544 g/mol. The van der Waals surface area contributed by atoms with Crippen molar-refractivity contribution in [2.24, 2.45) is 5.41 Å². The Morgan fingerprint density at radius 2 is 1.78 bits per heavy atom. The van der Waals surface area contributed by atoms with Crippen LogP contribution < -0.4 is 10.0 Å². The summed E-state index contributed by atoms with van der Waals surface area (Å²) in [5, 5.41) is 3.71. The van der Waals surface area contributed by atoms with Crippen LogP contribution in [0, 0.1) is 17.0 Å². The zero-order valence-corrected chi connectivity index (χ0v) is 24.2. The van der Waals surface area contributed by atoms with E-state index in [0.29, 0.717) is 12.5 Å². The van der Waals surface area contributed by atoms with Crippen LogP contribution in [0.3, 0.4) is 0 Å². The number of carbonyl (C=O) groups is 1. The number of nitrogens with one attached hydrogen (secondary N) is 2. The second kappa shape index (κ2) is 10.2. The summed E-state index contributed by atoms with van der Waals surface area (Å²) < 4.78 is 56.7. The van der Waals surface area contributed by atoms with Crippen LogP contribution in [0.25, 0.3) is 0 Å². The molecule has 1 saturated carbocycles. The van der Waals surface area contributed by atoms with Crippen LogP contribution in [0.4, 0.5) is 20.2 Å². The lowest BCUT2D eigenvalue weighted by molar-refractivity contribution is -0.125. The number of likely N-dealkylation sites (tertiary alicyclic amines) is 1. The molecule has 2 fully saturated rings. The second-order valence-corrected chi connectivity index (χ2v) is 14.1. The smallest absolute Gasteiger partial charge is 0.264 e. The van der Waals surface area contributed by atoms with Gasteiger partial charge in [-0.1, -0.05) is 50.6 Å². The van der Waals surface area contributed by atoms with Crippen molar-refractivity contribution in [1.29, 1.82) is 0 Å². The van der Waals surface area contributed by atoms with Crippen LogP contribution in [0.5, 0.6) is 0 Å². The number of hydrogen-bond donors (Lipinski definition) is 2. The van der Waals surface area contributed by atoms with Crippen molar-refractivity contribution in [3.63, 3.8) is 0 Å². The van der Waals surface area contributed by atoms with Crippen LogP contribution in [0.15, 0.2) is 65.6 Å². The molecule has 3 aliphatic rings. The number of piperidine rings is 1. The highest BCUT2D eigenvalue weighted by atomic mass is 32.2. The predicted octanol–water partition coefficient (Wildman–Crippen LogP) is 6.03. The van der Waals surface area contributed by atoms with Crippen LogP contribution in [0.2, 0.25) is 0 Å². The summed E-state index contributed by atoms with van der Waals surface area (Å²) in [6, 6.07) is 16.3. The van der Waals surface area contributed by atoms with E-state index in [4.69, 9.17) is 0 Å². The lowest BCUT2D eigenvalue weighted by Crippen LogP contribution is -2.51. The van der Waals surface area contributed by atoms with Crippen LogP contribution in [-0.4, -0.2) is 38.2 Å². The molecule has 2 N–H and O–H groups in total. The number of ketones is 1. The summed E-state index contributed by atoms with van der Waals surface area (Å²) >= 11 is 0. The van der Waals surface area contributed by atoms with E-state index in [2.05, 4.69) is 53.1 Å². The van der Waals surface area contributed by atoms with E-state index in [1.165, 1.54) is 5.56 Å². The Morgan fingerprint density at radius 3 is 2.44 bits per heavy atom. The molecule has 1 aliphatic heterocycles. The number of Topliss-reactive ketones (excluding diaryl/α,β-unsaturated/α-hetero) is 1. The number of fused-ring (bicyclic) bond motifs is 2. The molecule has 2 aliphatic carbocycles. The number of sulfonamides is 1.